The van der Waals surface area contributed by atoms with Gasteiger partial charge in [0.25, 0.3) is 0 Å². The van der Waals surface area contributed by atoms with E-state index in [9.17, 15) is 8.78 Å². The number of hydrogen-bond donors (Lipinski definition) is 0. The molecule has 100 valence electrons. The molecule has 0 N–H and O–H groups in total. The third-order valence-electron chi connectivity index (χ3n) is 2.72. The normalized spacial score (nSPS) is 10.8. The minimum Gasteiger partial charge on any atom is -0.456 e. The topological polar surface area (TPSA) is 9.23 Å². The maximum atomic E-state index is 13.8. The van der Waals surface area contributed by atoms with Crippen molar-refractivity contribution >= 4 is 11.6 Å². The van der Waals surface area contributed by atoms with Gasteiger partial charge >= 0.3 is 0 Å². The highest BCUT2D eigenvalue weighted by Crippen LogP contribution is 2.31. The minimum absolute atomic E-state index is 0.100. The molecule has 0 aliphatic carbocycles. The fraction of sp³-hybridized carbons (Fsp3) is 0.200. The Morgan fingerprint density at radius 3 is 2.37 bits per heavy atom. The second kappa shape index (κ2) is 5.57. The Labute approximate surface area is 115 Å². The second-order valence-electron chi connectivity index (χ2n) is 4.51. The Morgan fingerprint density at radius 2 is 1.79 bits per heavy atom. The van der Waals surface area contributed by atoms with E-state index in [0.29, 0.717) is 17.1 Å². The third-order valence-corrected chi connectivity index (χ3v) is 3.01. The molecule has 19 heavy (non-hydrogen) atoms. The van der Waals surface area contributed by atoms with Crippen LogP contribution in [-0.4, -0.2) is 0 Å². The highest BCUT2D eigenvalue weighted by atomic mass is 35.5. The zero-order chi connectivity index (χ0) is 14.0. The monoisotopic (exact) mass is 282 g/mol. The fourth-order valence-corrected chi connectivity index (χ4v) is 1.93. The summed E-state index contributed by atoms with van der Waals surface area (Å²) < 4.78 is 32.1. The Hall–Kier alpha value is -1.61. The molecule has 0 amide bonds. The molecular formula is C15H13ClF2O. The first-order valence-corrected chi connectivity index (χ1v) is 6.27. The first-order chi connectivity index (χ1) is 8.97. The molecule has 0 aliphatic heterocycles. The van der Waals surface area contributed by atoms with Crippen molar-refractivity contribution in [2.24, 2.45) is 0 Å². The van der Waals surface area contributed by atoms with Gasteiger partial charge in [-0.3, -0.25) is 0 Å². The minimum atomic E-state index is -0.446. The van der Waals surface area contributed by atoms with Crippen molar-refractivity contribution in [1.29, 1.82) is 0 Å². The molecule has 0 saturated carbocycles. The van der Waals surface area contributed by atoms with Gasteiger partial charge in [0.2, 0.25) is 0 Å². The molecule has 0 aliphatic rings. The second-order valence-corrected chi connectivity index (χ2v) is 4.92. The molecule has 0 heterocycles. The lowest BCUT2D eigenvalue weighted by Crippen LogP contribution is -1.94. The Morgan fingerprint density at radius 1 is 1.05 bits per heavy atom. The van der Waals surface area contributed by atoms with E-state index < -0.39 is 5.82 Å². The summed E-state index contributed by atoms with van der Waals surface area (Å²) in [5, 5.41) is 0.147. The van der Waals surface area contributed by atoms with Crippen LogP contribution >= 0.6 is 11.6 Å². The average Bonchev–Trinajstić information content (AvgIpc) is 2.32. The van der Waals surface area contributed by atoms with Crippen LogP contribution in [0, 0.1) is 11.6 Å². The van der Waals surface area contributed by atoms with Crippen molar-refractivity contribution in [1.82, 2.24) is 0 Å². The molecule has 0 spiro atoms. The van der Waals surface area contributed by atoms with Gasteiger partial charge in [-0.2, -0.15) is 0 Å². The van der Waals surface area contributed by atoms with E-state index in [1.807, 2.05) is 13.8 Å². The van der Waals surface area contributed by atoms with Crippen molar-refractivity contribution < 1.29 is 13.5 Å². The summed E-state index contributed by atoms with van der Waals surface area (Å²) in [5.74, 6) is -0.0527. The van der Waals surface area contributed by atoms with Crippen LogP contribution < -0.4 is 4.74 Å². The summed E-state index contributed by atoms with van der Waals surface area (Å²) in [6.45, 7) is 3.82. The van der Waals surface area contributed by atoms with Gasteiger partial charge in [-0.15, -0.1) is 0 Å². The summed E-state index contributed by atoms with van der Waals surface area (Å²) in [6, 6.07) is 8.43. The maximum absolute atomic E-state index is 13.8. The highest BCUT2D eigenvalue weighted by molar-refractivity contribution is 6.32. The van der Waals surface area contributed by atoms with Gasteiger partial charge < -0.3 is 4.74 Å². The molecule has 0 fully saturated rings. The summed E-state index contributed by atoms with van der Waals surface area (Å²) in [6.07, 6.45) is 0. The summed E-state index contributed by atoms with van der Waals surface area (Å²) >= 11 is 5.84. The van der Waals surface area contributed by atoms with Gasteiger partial charge in [0.05, 0.1) is 5.02 Å². The largest absolute Gasteiger partial charge is 0.456 e. The van der Waals surface area contributed by atoms with Crippen LogP contribution in [0.2, 0.25) is 5.02 Å². The van der Waals surface area contributed by atoms with Crippen molar-refractivity contribution in [3.05, 3.63) is 58.6 Å². The van der Waals surface area contributed by atoms with E-state index in [2.05, 4.69) is 0 Å². The maximum Gasteiger partial charge on any atom is 0.146 e. The molecule has 0 unspecified atom stereocenters. The number of halogens is 3. The summed E-state index contributed by atoms with van der Waals surface area (Å²) in [5.41, 5.74) is 0.623. The zero-order valence-corrected chi connectivity index (χ0v) is 11.3. The Kier molecular flexibility index (Phi) is 4.05. The predicted molar refractivity (Wildman–Crippen MR) is 72.0 cm³/mol. The lowest BCUT2D eigenvalue weighted by molar-refractivity contribution is 0.473. The van der Waals surface area contributed by atoms with Crippen LogP contribution in [-0.2, 0) is 0 Å². The van der Waals surface area contributed by atoms with Crippen molar-refractivity contribution in [2.75, 3.05) is 0 Å². The van der Waals surface area contributed by atoms with Crippen LogP contribution in [0.4, 0.5) is 8.78 Å². The summed E-state index contributed by atoms with van der Waals surface area (Å²) in [7, 11) is 0. The molecule has 0 aromatic heterocycles. The molecular weight excluding hydrogens is 270 g/mol. The molecule has 0 bridgehead atoms. The van der Waals surface area contributed by atoms with Gasteiger partial charge in [-0.05, 0) is 35.7 Å². The standard InChI is InChI=1S/C15H13ClF2O/c1-9(2)12-5-4-11(8-14(12)18)19-15-6-3-10(17)7-13(15)16/h3-9H,1-2H3. The number of hydrogen-bond acceptors (Lipinski definition) is 1. The van der Waals surface area contributed by atoms with E-state index in [1.54, 1.807) is 12.1 Å². The van der Waals surface area contributed by atoms with Crippen LogP contribution in [0.25, 0.3) is 0 Å². The fourth-order valence-electron chi connectivity index (χ4n) is 1.72. The Balaban J connectivity index is 2.26. The van der Waals surface area contributed by atoms with Crippen LogP contribution in [0.3, 0.4) is 0 Å². The molecule has 1 nitrogen and oxygen atoms in total. The van der Waals surface area contributed by atoms with Gasteiger partial charge in [0, 0.05) is 6.07 Å². The molecule has 2 aromatic rings. The lowest BCUT2D eigenvalue weighted by atomic mass is 10.0. The first kappa shape index (κ1) is 13.8. The smallest absolute Gasteiger partial charge is 0.146 e. The van der Waals surface area contributed by atoms with E-state index >= 15 is 0 Å². The number of ether oxygens (including phenoxy) is 1. The van der Waals surface area contributed by atoms with Gasteiger partial charge in [0.15, 0.2) is 0 Å². The van der Waals surface area contributed by atoms with E-state index in [-0.39, 0.29) is 16.8 Å². The zero-order valence-electron chi connectivity index (χ0n) is 10.6. The highest BCUT2D eigenvalue weighted by Gasteiger charge is 2.10. The van der Waals surface area contributed by atoms with Gasteiger partial charge in [-0.25, -0.2) is 8.78 Å². The van der Waals surface area contributed by atoms with Gasteiger partial charge in [-0.1, -0.05) is 31.5 Å². The molecule has 2 aromatic carbocycles. The molecule has 2 rings (SSSR count). The first-order valence-electron chi connectivity index (χ1n) is 5.89. The third kappa shape index (κ3) is 3.24. The van der Waals surface area contributed by atoms with Crippen LogP contribution in [0.15, 0.2) is 36.4 Å². The predicted octanol–water partition coefficient (Wildman–Crippen LogP) is 5.53. The van der Waals surface area contributed by atoms with Crippen molar-refractivity contribution in [2.45, 2.75) is 19.8 Å². The lowest BCUT2D eigenvalue weighted by Gasteiger charge is -2.11. The van der Waals surface area contributed by atoms with Crippen molar-refractivity contribution in [3.63, 3.8) is 0 Å². The summed E-state index contributed by atoms with van der Waals surface area (Å²) in [4.78, 5) is 0. The molecule has 0 atom stereocenters. The molecule has 0 radical (unpaired) electrons. The number of rotatable bonds is 3. The average molecular weight is 283 g/mol. The van der Waals surface area contributed by atoms with E-state index in [0.717, 1.165) is 6.07 Å². The van der Waals surface area contributed by atoms with Crippen LogP contribution in [0.5, 0.6) is 11.5 Å². The van der Waals surface area contributed by atoms with E-state index in [1.165, 1.54) is 18.2 Å². The quantitative estimate of drug-likeness (QED) is 0.719. The number of benzene rings is 2. The SMILES string of the molecule is CC(C)c1ccc(Oc2ccc(F)cc2Cl)cc1F. The Bertz CT molecular complexity index is 597. The van der Waals surface area contributed by atoms with Crippen LogP contribution in [0.1, 0.15) is 25.3 Å². The molecule has 0 saturated heterocycles. The van der Waals surface area contributed by atoms with E-state index in [4.69, 9.17) is 16.3 Å². The van der Waals surface area contributed by atoms with Gasteiger partial charge in [0.1, 0.15) is 23.1 Å². The molecule has 4 heteroatoms. The van der Waals surface area contributed by atoms with Crippen molar-refractivity contribution in [3.8, 4) is 11.5 Å².